The van der Waals surface area contributed by atoms with Crippen molar-refractivity contribution in [1.29, 1.82) is 0 Å². The van der Waals surface area contributed by atoms with Gasteiger partial charge in [0.05, 0.1) is 5.70 Å². The van der Waals surface area contributed by atoms with Crippen LogP contribution in [0.5, 0.6) is 0 Å². The number of allylic oxidation sites excluding steroid dienone is 6. The predicted octanol–water partition coefficient (Wildman–Crippen LogP) is 4.41. The van der Waals surface area contributed by atoms with Crippen LogP contribution >= 0.6 is 0 Å². The average Bonchev–Trinajstić information content (AvgIpc) is 2.31. The first-order valence-corrected chi connectivity index (χ1v) is 5.26. The molecule has 0 amide bonds. The van der Waals surface area contributed by atoms with Crippen molar-refractivity contribution in [2.24, 2.45) is 4.99 Å². The van der Waals surface area contributed by atoms with Gasteiger partial charge >= 0.3 is 0 Å². The van der Waals surface area contributed by atoms with E-state index in [0.29, 0.717) is 17.7 Å². The summed E-state index contributed by atoms with van der Waals surface area (Å²) in [7, 11) is 0. The van der Waals surface area contributed by atoms with E-state index in [9.17, 15) is 9.50 Å². The summed E-state index contributed by atoms with van der Waals surface area (Å²) in [6.45, 7) is 10.3. The van der Waals surface area contributed by atoms with Crippen molar-refractivity contribution in [1.82, 2.24) is 0 Å². The molecular weight excluding hydrogens is 217 g/mol. The first-order chi connectivity index (χ1) is 8.06. The van der Waals surface area contributed by atoms with Crippen LogP contribution < -0.4 is 0 Å². The van der Waals surface area contributed by atoms with Gasteiger partial charge in [-0.05, 0) is 26.6 Å². The molecular formula is C14H18FNO. The number of aliphatic hydroxyl groups is 1. The highest BCUT2D eigenvalue weighted by Gasteiger charge is 2.03. The van der Waals surface area contributed by atoms with E-state index < -0.39 is 0 Å². The summed E-state index contributed by atoms with van der Waals surface area (Å²) >= 11 is 0. The fraction of sp³-hybridized carbons (Fsp3) is 0.214. The molecule has 17 heavy (non-hydrogen) atoms. The molecule has 0 rings (SSSR count). The van der Waals surface area contributed by atoms with Crippen LogP contribution in [0.2, 0.25) is 0 Å². The Bertz CT molecular complexity index is 400. The molecule has 0 spiro atoms. The van der Waals surface area contributed by atoms with E-state index in [1.165, 1.54) is 12.2 Å². The van der Waals surface area contributed by atoms with Crippen LogP contribution in [0.4, 0.5) is 4.39 Å². The third-order valence-electron chi connectivity index (χ3n) is 2.01. The number of nitrogens with zero attached hydrogens (tertiary/aromatic N) is 1. The second-order valence-electron chi connectivity index (χ2n) is 3.25. The van der Waals surface area contributed by atoms with Crippen LogP contribution in [0.3, 0.4) is 0 Å². The van der Waals surface area contributed by atoms with Crippen molar-refractivity contribution in [2.75, 3.05) is 0 Å². The minimum atomic E-state index is -0.316. The highest BCUT2D eigenvalue weighted by Crippen LogP contribution is 2.18. The van der Waals surface area contributed by atoms with Gasteiger partial charge in [0.25, 0.3) is 0 Å². The molecule has 1 N–H and O–H groups in total. The molecule has 0 fully saturated rings. The minimum Gasteiger partial charge on any atom is -0.508 e. The maximum atomic E-state index is 12.8. The molecule has 0 aliphatic heterocycles. The number of aliphatic imine (C=N–C) groups is 1. The fourth-order valence-electron chi connectivity index (χ4n) is 1.16. The highest BCUT2D eigenvalue weighted by molar-refractivity contribution is 5.42. The van der Waals surface area contributed by atoms with Gasteiger partial charge in [-0.2, -0.15) is 0 Å². The Morgan fingerprint density at radius 2 is 2.00 bits per heavy atom. The van der Waals surface area contributed by atoms with Crippen molar-refractivity contribution in [3.05, 3.63) is 59.8 Å². The zero-order chi connectivity index (χ0) is 13.3. The Labute approximate surface area is 102 Å². The van der Waals surface area contributed by atoms with Crippen LogP contribution in [0, 0.1) is 0 Å². The van der Waals surface area contributed by atoms with E-state index in [4.69, 9.17) is 0 Å². The lowest BCUT2D eigenvalue weighted by molar-refractivity contribution is 0.428. The summed E-state index contributed by atoms with van der Waals surface area (Å²) in [6.07, 6.45) is 8.15. The molecule has 0 saturated carbocycles. The van der Waals surface area contributed by atoms with Gasteiger partial charge in [0.15, 0.2) is 0 Å². The Morgan fingerprint density at radius 3 is 2.41 bits per heavy atom. The monoisotopic (exact) mass is 235 g/mol. The predicted molar refractivity (Wildman–Crippen MR) is 71.8 cm³/mol. The molecule has 0 radical (unpaired) electrons. The third kappa shape index (κ3) is 5.66. The van der Waals surface area contributed by atoms with Crippen LogP contribution in [0.25, 0.3) is 0 Å². The summed E-state index contributed by atoms with van der Waals surface area (Å²) in [6, 6.07) is 0. The molecule has 0 aromatic rings. The second-order valence-corrected chi connectivity index (χ2v) is 3.25. The summed E-state index contributed by atoms with van der Waals surface area (Å²) in [5.41, 5.74) is 1.06. The fourth-order valence-corrected chi connectivity index (χ4v) is 1.16. The number of hydrogen-bond donors (Lipinski definition) is 1. The van der Waals surface area contributed by atoms with Crippen molar-refractivity contribution in [2.45, 2.75) is 20.3 Å². The topological polar surface area (TPSA) is 32.6 Å². The van der Waals surface area contributed by atoms with Gasteiger partial charge in [-0.15, -0.1) is 0 Å². The smallest absolute Gasteiger partial charge is 0.118 e. The molecule has 0 aliphatic carbocycles. The van der Waals surface area contributed by atoms with E-state index in [2.05, 4.69) is 18.3 Å². The second kappa shape index (κ2) is 8.28. The summed E-state index contributed by atoms with van der Waals surface area (Å²) in [5, 5.41) is 9.40. The Hall–Kier alpha value is -1.90. The molecule has 0 unspecified atom stereocenters. The van der Waals surface area contributed by atoms with Crippen LogP contribution in [-0.2, 0) is 0 Å². The number of halogens is 1. The van der Waals surface area contributed by atoms with E-state index in [-0.39, 0.29) is 11.6 Å². The van der Waals surface area contributed by atoms with Gasteiger partial charge in [0, 0.05) is 12.0 Å². The van der Waals surface area contributed by atoms with Crippen molar-refractivity contribution >= 4 is 6.72 Å². The van der Waals surface area contributed by atoms with Gasteiger partial charge in [0.2, 0.25) is 0 Å². The van der Waals surface area contributed by atoms with Gasteiger partial charge in [-0.3, -0.25) is 4.99 Å². The maximum absolute atomic E-state index is 12.8. The van der Waals surface area contributed by atoms with Gasteiger partial charge in [-0.25, -0.2) is 4.39 Å². The zero-order valence-corrected chi connectivity index (χ0v) is 10.3. The summed E-state index contributed by atoms with van der Waals surface area (Å²) in [4.78, 5) is 3.82. The molecule has 0 aromatic carbocycles. The summed E-state index contributed by atoms with van der Waals surface area (Å²) in [5.74, 6) is -0.394. The van der Waals surface area contributed by atoms with E-state index in [0.717, 1.165) is 0 Å². The third-order valence-corrected chi connectivity index (χ3v) is 2.01. The molecule has 0 heterocycles. The summed E-state index contributed by atoms with van der Waals surface area (Å²) < 4.78 is 12.8. The zero-order valence-electron chi connectivity index (χ0n) is 10.3. The number of rotatable bonds is 6. The SMILES string of the molecule is C=N/C(C/C=C\C(F)=C/C)=C(\C=C/C)C(=C)O. The van der Waals surface area contributed by atoms with Crippen molar-refractivity contribution in [3.8, 4) is 0 Å². The highest BCUT2D eigenvalue weighted by atomic mass is 19.1. The first kappa shape index (κ1) is 15.1. The van der Waals surface area contributed by atoms with Crippen LogP contribution in [0.1, 0.15) is 20.3 Å². The van der Waals surface area contributed by atoms with E-state index >= 15 is 0 Å². The van der Waals surface area contributed by atoms with Crippen LogP contribution in [-0.4, -0.2) is 11.8 Å². The Balaban J connectivity index is 5.04. The Kier molecular flexibility index (Phi) is 7.35. The number of aliphatic hydroxyl groups excluding tert-OH is 1. The molecule has 0 bridgehead atoms. The lowest BCUT2D eigenvalue weighted by atomic mass is 10.1. The molecule has 0 aliphatic rings. The maximum Gasteiger partial charge on any atom is 0.118 e. The van der Waals surface area contributed by atoms with Gasteiger partial charge in [0.1, 0.15) is 11.6 Å². The van der Waals surface area contributed by atoms with Crippen molar-refractivity contribution < 1.29 is 9.50 Å². The van der Waals surface area contributed by atoms with E-state index in [1.54, 1.807) is 25.2 Å². The molecule has 0 atom stereocenters. The lowest BCUT2D eigenvalue weighted by Gasteiger charge is -2.04. The quantitative estimate of drug-likeness (QED) is 0.413. The van der Waals surface area contributed by atoms with E-state index in [1.807, 2.05) is 6.92 Å². The normalized spacial score (nSPS) is 14.2. The van der Waals surface area contributed by atoms with Gasteiger partial charge < -0.3 is 5.11 Å². The molecule has 2 nitrogen and oxygen atoms in total. The Morgan fingerprint density at radius 1 is 1.35 bits per heavy atom. The largest absolute Gasteiger partial charge is 0.508 e. The average molecular weight is 235 g/mol. The van der Waals surface area contributed by atoms with Crippen molar-refractivity contribution in [3.63, 3.8) is 0 Å². The van der Waals surface area contributed by atoms with Gasteiger partial charge in [-0.1, -0.05) is 30.9 Å². The molecule has 0 aromatic heterocycles. The molecule has 92 valence electrons. The standard InChI is InChI=1S/C14H18FNO/c1-5-8-13(11(3)17)14(16-4)10-7-9-12(15)6-2/h5-9,17H,3-4,10H2,1-2H3/b8-5-,9-7-,12-6+,14-13+. The van der Waals surface area contributed by atoms with Crippen LogP contribution in [0.15, 0.2) is 64.8 Å². The lowest BCUT2D eigenvalue weighted by Crippen LogP contribution is -1.90. The minimum absolute atomic E-state index is 0.0783. The molecule has 3 heteroatoms. The molecule has 0 saturated heterocycles. The first-order valence-electron chi connectivity index (χ1n) is 5.26. The number of hydrogen-bond acceptors (Lipinski definition) is 2.